The number of alkyl carbamates (subject to hydrolysis) is 1. The minimum absolute atomic E-state index is 0.0310. The highest BCUT2D eigenvalue weighted by atomic mass is 16.5. The van der Waals surface area contributed by atoms with Gasteiger partial charge in [-0.3, -0.25) is 19.6 Å². The lowest BCUT2D eigenvalue weighted by Gasteiger charge is -2.30. The number of benzene rings is 2. The summed E-state index contributed by atoms with van der Waals surface area (Å²) < 4.78 is 4.79. The third-order valence-corrected chi connectivity index (χ3v) is 12.0. The van der Waals surface area contributed by atoms with Gasteiger partial charge < -0.3 is 19.9 Å². The van der Waals surface area contributed by atoms with Crippen molar-refractivity contribution in [2.75, 3.05) is 20.2 Å². The molecule has 51 heavy (non-hydrogen) atoms. The zero-order valence-corrected chi connectivity index (χ0v) is 31.0. The molecule has 2 aromatic rings. The van der Waals surface area contributed by atoms with E-state index in [1.807, 2.05) is 24.9 Å². The molecule has 1 aliphatic carbocycles. The summed E-state index contributed by atoms with van der Waals surface area (Å²) in [5.74, 6) is 1.50. The Kier molecular flexibility index (Phi) is 9.92. The Labute approximate surface area is 302 Å². The van der Waals surface area contributed by atoms with E-state index in [-0.39, 0.29) is 35.7 Å². The van der Waals surface area contributed by atoms with E-state index in [1.165, 1.54) is 34.9 Å². The van der Waals surface area contributed by atoms with Crippen molar-refractivity contribution in [3.63, 3.8) is 0 Å². The molecule has 5 aliphatic rings. The summed E-state index contributed by atoms with van der Waals surface area (Å²) in [4.78, 5) is 52.7. The number of carbonyl (C=O) groups is 3. The molecule has 1 saturated carbocycles. The van der Waals surface area contributed by atoms with E-state index in [0.29, 0.717) is 24.3 Å². The van der Waals surface area contributed by atoms with Gasteiger partial charge in [-0.1, -0.05) is 71.0 Å². The molecule has 3 fully saturated rings. The number of carbonyl (C=O) groups excluding carboxylic acids is 3. The topological polar surface area (TPSA) is 104 Å². The average molecular weight is 692 g/mol. The lowest BCUT2D eigenvalue weighted by Crippen LogP contribution is -2.53. The summed E-state index contributed by atoms with van der Waals surface area (Å²) in [6.45, 7) is 11.7. The van der Waals surface area contributed by atoms with Gasteiger partial charge in [-0.2, -0.15) is 0 Å². The van der Waals surface area contributed by atoms with Crippen molar-refractivity contribution >= 4 is 40.6 Å². The van der Waals surface area contributed by atoms with Crippen molar-refractivity contribution in [1.29, 1.82) is 0 Å². The molecule has 1 N–H and O–H groups in total. The normalized spacial score (nSPS) is 25.1. The molecule has 0 unspecified atom stereocenters. The number of likely N-dealkylation sites (tertiary alicyclic amines) is 2. The number of amides is 3. The lowest BCUT2D eigenvalue weighted by molar-refractivity contribution is -0.136. The predicted octanol–water partition coefficient (Wildman–Crippen LogP) is 7.43. The van der Waals surface area contributed by atoms with Crippen LogP contribution in [0.15, 0.2) is 58.6 Å². The largest absolute Gasteiger partial charge is 0.453 e. The maximum Gasteiger partial charge on any atom is 0.407 e. The Balaban J connectivity index is 0.949. The minimum atomic E-state index is -0.631. The van der Waals surface area contributed by atoms with Crippen LogP contribution in [-0.2, 0) is 20.7 Å². The Morgan fingerprint density at radius 3 is 2.12 bits per heavy atom. The molecule has 4 aliphatic heterocycles. The summed E-state index contributed by atoms with van der Waals surface area (Å²) in [6, 6.07) is 15.2. The van der Waals surface area contributed by atoms with Gasteiger partial charge in [0.25, 0.3) is 0 Å². The SMILES string of the molecule is COC(=O)N[C@H](C(=O)N1CCC[C@H]1C1=Nc2ccc([C@@H]3C[C@@H]3c3ccc(C4=CN=C([C@@H]5CCCN5C(=O)[C@@H](C)C(C)C)C4)cc3)cc2C1)C(C)C. The molecule has 3 amide bonds. The number of allylic oxidation sites excluding steroid dienone is 1. The Morgan fingerprint density at radius 2 is 1.45 bits per heavy atom. The fraction of sp³-hybridized carbons (Fsp3) is 0.548. The highest BCUT2D eigenvalue weighted by Crippen LogP contribution is 2.55. The van der Waals surface area contributed by atoms with Crippen LogP contribution in [0.4, 0.5) is 10.5 Å². The minimum Gasteiger partial charge on any atom is -0.453 e. The van der Waals surface area contributed by atoms with Crippen molar-refractivity contribution < 1.29 is 19.1 Å². The number of nitrogens with one attached hydrogen (secondary N) is 1. The van der Waals surface area contributed by atoms with Gasteiger partial charge in [0.15, 0.2) is 0 Å². The summed E-state index contributed by atoms with van der Waals surface area (Å²) >= 11 is 0. The molecular weight excluding hydrogens is 638 g/mol. The Hall–Kier alpha value is -4.27. The van der Waals surface area contributed by atoms with Gasteiger partial charge in [0.05, 0.1) is 24.9 Å². The first-order valence-corrected chi connectivity index (χ1v) is 19.1. The van der Waals surface area contributed by atoms with E-state index in [0.717, 1.165) is 68.6 Å². The molecule has 0 bridgehead atoms. The van der Waals surface area contributed by atoms with Crippen molar-refractivity contribution in [2.24, 2.45) is 27.7 Å². The van der Waals surface area contributed by atoms with Crippen LogP contribution < -0.4 is 5.32 Å². The van der Waals surface area contributed by atoms with Gasteiger partial charge in [0, 0.05) is 49.5 Å². The number of nitrogens with zero attached hydrogens (tertiary/aromatic N) is 4. The fourth-order valence-corrected chi connectivity index (χ4v) is 8.55. The molecule has 0 radical (unpaired) electrons. The van der Waals surface area contributed by atoms with Gasteiger partial charge in [0.2, 0.25) is 11.8 Å². The third kappa shape index (κ3) is 7.01. The highest BCUT2D eigenvalue weighted by molar-refractivity contribution is 6.03. The smallest absolute Gasteiger partial charge is 0.407 e. The first kappa shape index (κ1) is 35.1. The third-order valence-electron chi connectivity index (χ3n) is 12.0. The van der Waals surface area contributed by atoms with Gasteiger partial charge in [-0.15, -0.1) is 0 Å². The van der Waals surface area contributed by atoms with Crippen molar-refractivity contribution in [3.05, 3.63) is 70.9 Å². The molecule has 7 rings (SSSR count). The van der Waals surface area contributed by atoms with Crippen LogP contribution in [0.3, 0.4) is 0 Å². The highest BCUT2D eigenvalue weighted by Gasteiger charge is 2.42. The second-order valence-electron chi connectivity index (χ2n) is 16.0. The van der Waals surface area contributed by atoms with E-state index in [9.17, 15) is 14.4 Å². The zero-order valence-electron chi connectivity index (χ0n) is 31.0. The van der Waals surface area contributed by atoms with E-state index in [4.69, 9.17) is 14.7 Å². The van der Waals surface area contributed by atoms with Gasteiger partial charge >= 0.3 is 6.09 Å². The standard InChI is InChI=1S/C42H53N5O4/c1-24(2)26(5)40(48)46-17-7-9-37(46)35-21-31(23-43-35)27-11-13-28(14-12-27)32-22-33(32)29-15-16-34-30(19-29)20-36(44-34)38-10-8-18-47(38)41(49)39(25(3)4)45-42(50)51-6/h11-16,19,23-26,32-33,37-39H,7-10,17-18,20-22H2,1-6H3,(H,45,50)/t26-,32+,33-,37-,38-,39-/m0/s1. The fourth-order valence-electron chi connectivity index (χ4n) is 8.55. The summed E-state index contributed by atoms with van der Waals surface area (Å²) in [5, 5.41) is 2.74. The number of rotatable bonds is 10. The van der Waals surface area contributed by atoms with Crippen LogP contribution in [0, 0.1) is 17.8 Å². The molecule has 9 nitrogen and oxygen atoms in total. The zero-order chi connectivity index (χ0) is 36.0. The molecular formula is C42H53N5O4. The van der Waals surface area contributed by atoms with Crippen LogP contribution in [-0.4, -0.2) is 77.5 Å². The summed E-state index contributed by atoms with van der Waals surface area (Å²) in [5.41, 5.74) is 9.60. The van der Waals surface area contributed by atoms with E-state index in [2.05, 4.69) is 73.5 Å². The van der Waals surface area contributed by atoms with Crippen molar-refractivity contribution in [2.45, 2.75) is 110 Å². The van der Waals surface area contributed by atoms with Crippen LogP contribution in [0.1, 0.15) is 107 Å². The number of methoxy groups -OCH3 is 1. The number of hydrogen-bond acceptors (Lipinski definition) is 6. The van der Waals surface area contributed by atoms with Crippen molar-refractivity contribution in [3.8, 4) is 0 Å². The number of hydrogen-bond donors (Lipinski definition) is 1. The van der Waals surface area contributed by atoms with Gasteiger partial charge in [-0.25, -0.2) is 4.79 Å². The first-order chi connectivity index (χ1) is 24.5. The van der Waals surface area contributed by atoms with Crippen molar-refractivity contribution in [1.82, 2.24) is 15.1 Å². The van der Waals surface area contributed by atoms with Crippen LogP contribution >= 0.6 is 0 Å². The Bertz CT molecular complexity index is 1780. The number of fused-ring (bicyclic) bond motifs is 1. The predicted molar refractivity (Wildman–Crippen MR) is 201 cm³/mol. The van der Waals surface area contributed by atoms with E-state index >= 15 is 0 Å². The van der Waals surface area contributed by atoms with Gasteiger partial charge in [-0.05, 0) is 89.7 Å². The maximum absolute atomic E-state index is 13.6. The lowest BCUT2D eigenvalue weighted by atomic mass is 9.94. The molecule has 2 aromatic carbocycles. The van der Waals surface area contributed by atoms with E-state index < -0.39 is 12.1 Å². The molecule has 6 atom stereocenters. The van der Waals surface area contributed by atoms with Crippen LogP contribution in [0.5, 0.6) is 0 Å². The quantitative estimate of drug-likeness (QED) is 0.280. The first-order valence-electron chi connectivity index (χ1n) is 19.1. The molecule has 270 valence electrons. The van der Waals surface area contributed by atoms with E-state index in [1.54, 1.807) is 0 Å². The maximum atomic E-state index is 13.6. The summed E-state index contributed by atoms with van der Waals surface area (Å²) in [7, 11) is 1.32. The molecule has 2 saturated heterocycles. The van der Waals surface area contributed by atoms with Crippen LogP contribution in [0.25, 0.3) is 5.57 Å². The molecule has 0 aromatic heterocycles. The van der Waals surface area contributed by atoms with Gasteiger partial charge in [0.1, 0.15) is 6.04 Å². The monoisotopic (exact) mass is 691 g/mol. The Morgan fingerprint density at radius 1 is 0.804 bits per heavy atom. The number of ether oxygens (including phenoxy) is 1. The number of aliphatic imine (C=N–C) groups is 2. The average Bonchev–Trinajstić information content (AvgIpc) is 3.64. The molecule has 4 heterocycles. The molecule has 9 heteroatoms. The summed E-state index contributed by atoms with van der Waals surface area (Å²) in [6.07, 6.45) is 7.98. The second-order valence-corrected chi connectivity index (χ2v) is 16.0. The van der Waals surface area contributed by atoms with Crippen LogP contribution in [0.2, 0.25) is 0 Å². The molecule has 0 spiro atoms. The second kappa shape index (κ2) is 14.4.